The second kappa shape index (κ2) is 9.37. The zero-order valence-corrected chi connectivity index (χ0v) is 17.9. The first-order valence-electron chi connectivity index (χ1n) is 10.6. The molecule has 1 atom stereocenters. The monoisotopic (exact) mass is 479 g/mol. The number of aromatic amines is 1. The van der Waals surface area contributed by atoms with E-state index in [0.29, 0.717) is 29.4 Å². The average Bonchev–Trinajstić information content (AvgIpc) is 3.26. The van der Waals surface area contributed by atoms with Crippen LogP contribution in [-0.2, 0) is 11.3 Å². The third-order valence-electron chi connectivity index (χ3n) is 5.75. The van der Waals surface area contributed by atoms with Gasteiger partial charge in [0.2, 0.25) is 11.9 Å². The number of halogens is 4. The van der Waals surface area contributed by atoms with Crippen LogP contribution in [0.1, 0.15) is 18.4 Å². The number of pyridine rings is 1. The number of hydrogen-bond donors (Lipinski definition) is 2. The van der Waals surface area contributed by atoms with Crippen LogP contribution < -0.4 is 16.6 Å². The number of H-pyrrole nitrogens is 1. The Balaban J connectivity index is 1.49. The van der Waals surface area contributed by atoms with Gasteiger partial charge < -0.3 is 10.2 Å². The summed E-state index contributed by atoms with van der Waals surface area (Å²) in [4.78, 5) is 44.4. The number of aromatic nitrogens is 3. The summed E-state index contributed by atoms with van der Waals surface area (Å²) < 4.78 is 52.9. The molecule has 1 aliphatic rings. The fourth-order valence-corrected chi connectivity index (χ4v) is 4.02. The fourth-order valence-electron chi connectivity index (χ4n) is 4.02. The van der Waals surface area contributed by atoms with Crippen molar-refractivity contribution in [2.45, 2.75) is 25.6 Å². The first-order valence-corrected chi connectivity index (χ1v) is 10.6. The van der Waals surface area contributed by atoms with Gasteiger partial charge in [0, 0.05) is 19.3 Å². The number of amides is 1. The molecular weight excluding hydrogens is 458 g/mol. The topological polar surface area (TPSA) is 100 Å². The van der Waals surface area contributed by atoms with Gasteiger partial charge in [0.15, 0.2) is 0 Å². The predicted octanol–water partition coefficient (Wildman–Crippen LogP) is 2.49. The largest absolute Gasteiger partial charge is 0.390 e. The van der Waals surface area contributed by atoms with Gasteiger partial charge in [0.1, 0.15) is 0 Å². The number of carbonyl (C=O) groups excluding carboxylic acids is 1. The van der Waals surface area contributed by atoms with E-state index in [-0.39, 0.29) is 25.3 Å². The Bertz CT molecular complexity index is 1330. The van der Waals surface area contributed by atoms with Gasteiger partial charge in [-0.05, 0) is 36.7 Å². The summed E-state index contributed by atoms with van der Waals surface area (Å²) in [6.07, 6.45) is -3.65. The van der Waals surface area contributed by atoms with Crippen LogP contribution in [0.2, 0.25) is 0 Å². The second-order valence-corrected chi connectivity index (χ2v) is 8.19. The molecule has 3 aromatic rings. The highest BCUT2D eigenvalue weighted by Crippen LogP contribution is 2.24. The van der Waals surface area contributed by atoms with Crippen molar-refractivity contribution in [2.24, 2.45) is 5.92 Å². The van der Waals surface area contributed by atoms with Crippen molar-refractivity contribution in [3.05, 3.63) is 68.9 Å². The van der Waals surface area contributed by atoms with Crippen LogP contribution in [0.15, 0.2) is 46.1 Å². The molecule has 4 rings (SSSR count). The summed E-state index contributed by atoms with van der Waals surface area (Å²) in [5, 5.41) is 2.77. The lowest BCUT2D eigenvalue weighted by Crippen LogP contribution is -2.31. The SMILES string of the molecule is O=C(Nc1cc(Cn2c(=O)[nH]c(=O)c3ccccc32)cnc1F)[C@H]1CCN(CCC(F)(F)F)C1. The number of likely N-dealkylation sites (tertiary alicyclic amines) is 1. The maximum absolute atomic E-state index is 14.3. The molecule has 0 bridgehead atoms. The second-order valence-electron chi connectivity index (χ2n) is 8.19. The molecule has 1 fully saturated rings. The van der Waals surface area contributed by atoms with Crippen molar-refractivity contribution < 1.29 is 22.4 Å². The van der Waals surface area contributed by atoms with Crippen LogP contribution >= 0.6 is 0 Å². The summed E-state index contributed by atoms with van der Waals surface area (Å²) in [5.74, 6) is -2.02. The van der Waals surface area contributed by atoms with Crippen molar-refractivity contribution in [3.63, 3.8) is 0 Å². The Hall–Kier alpha value is -3.54. The molecule has 180 valence electrons. The summed E-state index contributed by atoms with van der Waals surface area (Å²) in [7, 11) is 0. The molecule has 2 N–H and O–H groups in total. The summed E-state index contributed by atoms with van der Waals surface area (Å²) in [6, 6.07) is 7.84. The highest BCUT2D eigenvalue weighted by atomic mass is 19.4. The Morgan fingerprint density at radius 3 is 2.76 bits per heavy atom. The molecule has 0 aliphatic carbocycles. The maximum atomic E-state index is 14.3. The maximum Gasteiger partial charge on any atom is 0.390 e. The number of nitrogens with one attached hydrogen (secondary N) is 2. The van der Waals surface area contributed by atoms with Gasteiger partial charge in [-0.25, -0.2) is 9.78 Å². The van der Waals surface area contributed by atoms with E-state index in [2.05, 4.69) is 15.3 Å². The molecule has 0 unspecified atom stereocenters. The zero-order valence-electron chi connectivity index (χ0n) is 17.9. The standard InChI is InChI=1S/C22H21F4N5O3/c23-18-16(28-19(32)14-5-7-30(12-14)8-6-22(24,25)26)9-13(10-27-18)11-31-17-4-2-1-3-15(17)20(33)29-21(31)34/h1-4,9-10,14H,5-8,11-12H2,(H,28,32)(H,29,33,34)/t14-/m0/s1. The highest BCUT2D eigenvalue weighted by molar-refractivity contribution is 5.93. The van der Waals surface area contributed by atoms with Crippen molar-refractivity contribution in [1.29, 1.82) is 0 Å². The third kappa shape index (κ3) is 5.33. The number of nitrogens with zero attached hydrogens (tertiary/aromatic N) is 3. The lowest BCUT2D eigenvalue weighted by molar-refractivity contribution is -0.137. The number of benzene rings is 1. The molecule has 3 heterocycles. The van der Waals surface area contributed by atoms with Crippen LogP contribution in [0.5, 0.6) is 0 Å². The number of hydrogen-bond acceptors (Lipinski definition) is 5. The van der Waals surface area contributed by atoms with Gasteiger partial charge >= 0.3 is 11.9 Å². The number of para-hydroxylation sites is 1. The number of carbonyl (C=O) groups is 1. The molecule has 1 aromatic carbocycles. The average molecular weight is 479 g/mol. The van der Waals surface area contributed by atoms with E-state index in [1.54, 1.807) is 29.2 Å². The van der Waals surface area contributed by atoms with E-state index in [1.165, 1.54) is 16.8 Å². The van der Waals surface area contributed by atoms with E-state index in [1.807, 2.05) is 0 Å². The Labute approximate surface area is 190 Å². The minimum absolute atomic E-state index is 0.0407. The molecule has 1 saturated heterocycles. The molecule has 34 heavy (non-hydrogen) atoms. The molecule has 1 aliphatic heterocycles. The summed E-state index contributed by atoms with van der Waals surface area (Å²) in [6.45, 7) is 0.258. The van der Waals surface area contributed by atoms with Crippen LogP contribution in [0.25, 0.3) is 10.9 Å². The molecule has 0 spiro atoms. The molecule has 8 nitrogen and oxygen atoms in total. The highest BCUT2D eigenvalue weighted by Gasteiger charge is 2.32. The quantitative estimate of drug-likeness (QED) is 0.418. The van der Waals surface area contributed by atoms with Gasteiger partial charge in [-0.2, -0.15) is 17.6 Å². The predicted molar refractivity (Wildman–Crippen MR) is 116 cm³/mol. The molecule has 12 heteroatoms. The Morgan fingerprint density at radius 1 is 1.24 bits per heavy atom. The minimum atomic E-state index is -4.27. The molecular formula is C22H21F4N5O3. The number of anilines is 1. The van der Waals surface area contributed by atoms with Crippen LogP contribution in [-0.4, -0.2) is 51.2 Å². The summed E-state index contributed by atoms with van der Waals surface area (Å²) in [5.41, 5.74) is -0.588. The van der Waals surface area contributed by atoms with Crippen molar-refractivity contribution >= 4 is 22.5 Å². The zero-order chi connectivity index (χ0) is 24.5. The van der Waals surface area contributed by atoms with Gasteiger partial charge in [-0.3, -0.25) is 19.1 Å². The van der Waals surface area contributed by atoms with Gasteiger partial charge in [0.05, 0.1) is 35.5 Å². The lowest BCUT2D eigenvalue weighted by atomic mass is 10.1. The minimum Gasteiger partial charge on any atom is -0.322 e. The fraction of sp³-hybridized carbons (Fsp3) is 0.364. The van der Waals surface area contributed by atoms with Crippen molar-refractivity contribution in [3.8, 4) is 0 Å². The normalized spacial score (nSPS) is 16.8. The van der Waals surface area contributed by atoms with E-state index in [0.717, 1.165) is 0 Å². The van der Waals surface area contributed by atoms with E-state index >= 15 is 0 Å². The Morgan fingerprint density at radius 2 is 2.00 bits per heavy atom. The van der Waals surface area contributed by atoms with Gasteiger partial charge in [-0.1, -0.05) is 12.1 Å². The van der Waals surface area contributed by atoms with E-state index < -0.39 is 41.6 Å². The van der Waals surface area contributed by atoms with Crippen molar-refractivity contribution in [1.82, 2.24) is 19.4 Å². The first kappa shape index (κ1) is 23.6. The van der Waals surface area contributed by atoms with Gasteiger partial charge in [-0.15, -0.1) is 0 Å². The van der Waals surface area contributed by atoms with E-state index in [4.69, 9.17) is 0 Å². The number of rotatable bonds is 6. The number of alkyl halides is 3. The van der Waals surface area contributed by atoms with Crippen LogP contribution in [0.4, 0.5) is 23.2 Å². The lowest BCUT2D eigenvalue weighted by Gasteiger charge is -2.17. The molecule has 1 amide bonds. The molecule has 0 radical (unpaired) electrons. The first-order chi connectivity index (χ1) is 16.1. The molecule has 0 saturated carbocycles. The van der Waals surface area contributed by atoms with Crippen LogP contribution in [0.3, 0.4) is 0 Å². The van der Waals surface area contributed by atoms with Gasteiger partial charge in [0.25, 0.3) is 5.56 Å². The van der Waals surface area contributed by atoms with Crippen molar-refractivity contribution in [2.75, 3.05) is 25.0 Å². The molecule has 2 aromatic heterocycles. The third-order valence-corrected chi connectivity index (χ3v) is 5.75. The number of fused-ring (bicyclic) bond motifs is 1. The van der Waals surface area contributed by atoms with E-state index in [9.17, 15) is 31.9 Å². The smallest absolute Gasteiger partial charge is 0.322 e. The Kier molecular flexibility index (Phi) is 6.51. The van der Waals surface area contributed by atoms with Crippen LogP contribution in [0, 0.1) is 11.9 Å². The summed E-state index contributed by atoms with van der Waals surface area (Å²) >= 11 is 0.